The number of amides is 1. The molecule has 8 heteroatoms. The van der Waals surface area contributed by atoms with E-state index in [0.717, 1.165) is 0 Å². The van der Waals surface area contributed by atoms with Gasteiger partial charge < -0.3 is 14.4 Å². The van der Waals surface area contributed by atoms with Gasteiger partial charge >= 0.3 is 12.3 Å². The van der Waals surface area contributed by atoms with E-state index in [0.29, 0.717) is 19.4 Å². The van der Waals surface area contributed by atoms with Crippen molar-refractivity contribution >= 4 is 11.9 Å². The predicted octanol–water partition coefficient (Wildman–Crippen LogP) is 3.17. The number of nitrogens with zero attached hydrogens (tertiary/aromatic N) is 1. The molecule has 1 atom stereocenters. The number of carbonyl (C=O) groups is 2. The Balaban J connectivity index is 2.37. The highest BCUT2D eigenvalue weighted by Gasteiger charge is 2.32. The summed E-state index contributed by atoms with van der Waals surface area (Å²) in [6, 6.07) is 0. The third kappa shape index (κ3) is 8.20. The molecular formula is C15H24F3NO4. The van der Waals surface area contributed by atoms with Crippen LogP contribution in [-0.2, 0) is 14.3 Å². The highest BCUT2D eigenvalue weighted by Crippen LogP contribution is 2.21. The molecule has 0 spiro atoms. The molecule has 0 N–H and O–H groups in total. The van der Waals surface area contributed by atoms with E-state index in [1.165, 1.54) is 4.90 Å². The number of Topliss-reactive ketones (excluding diaryl/α,β-unsaturated/α-hetero) is 1. The summed E-state index contributed by atoms with van der Waals surface area (Å²) in [6.07, 6.45) is -3.82. The fourth-order valence-corrected chi connectivity index (χ4v) is 2.27. The van der Waals surface area contributed by atoms with E-state index < -0.39 is 24.5 Å². The van der Waals surface area contributed by atoms with Gasteiger partial charge in [0.1, 0.15) is 18.0 Å². The Morgan fingerprint density at radius 2 is 1.96 bits per heavy atom. The van der Waals surface area contributed by atoms with Crippen molar-refractivity contribution in [2.75, 3.05) is 26.3 Å². The predicted molar refractivity (Wildman–Crippen MR) is 77.0 cm³/mol. The van der Waals surface area contributed by atoms with Gasteiger partial charge in [-0.2, -0.15) is 13.2 Å². The number of ether oxygens (including phenoxy) is 2. The van der Waals surface area contributed by atoms with Gasteiger partial charge in [0.2, 0.25) is 0 Å². The molecule has 0 bridgehead atoms. The first-order valence-corrected chi connectivity index (χ1v) is 7.63. The number of alkyl halides is 3. The minimum absolute atomic E-state index is 0.0284. The van der Waals surface area contributed by atoms with Crippen LogP contribution in [0.4, 0.5) is 18.0 Å². The summed E-state index contributed by atoms with van der Waals surface area (Å²) in [7, 11) is 0. The van der Waals surface area contributed by atoms with Crippen LogP contribution in [0.15, 0.2) is 0 Å². The van der Waals surface area contributed by atoms with E-state index in [4.69, 9.17) is 4.74 Å². The van der Waals surface area contributed by atoms with Crippen molar-refractivity contribution in [3.05, 3.63) is 0 Å². The Labute approximate surface area is 134 Å². The Hall–Kier alpha value is -1.31. The molecule has 134 valence electrons. The quantitative estimate of drug-likeness (QED) is 0.722. The van der Waals surface area contributed by atoms with Crippen LogP contribution >= 0.6 is 0 Å². The molecule has 0 saturated carbocycles. The molecule has 1 amide bonds. The van der Waals surface area contributed by atoms with Crippen molar-refractivity contribution in [1.82, 2.24) is 4.90 Å². The van der Waals surface area contributed by atoms with Crippen molar-refractivity contribution in [3.63, 3.8) is 0 Å². The fourth-order valence-electron chi connectivity index (χ4n) is 2.27. The van der Waals surface area contributed by atoms with Crippen LogP contribution in [0.1, 0.15) is 40.0 Å². The average molecular weight is 339 g/mol. The van der Waals surface area contributed by atoms with E-state index in [1.807, 2.05) is 0 Å². The smallest absolute Gasteiger partial charge is 0.411 e. The number of likely N-dealkylation sites (tertiary alicyclic amines) is 1. The molecule has 1 aliphatic heterocycles. The Morgan fingerprint density at radius 1 is 1.30 bits per heavy atom. The monoisotopic (exact) mass is 339 g/mol. The summed E-state index contributed by atoms with van der Waals surface area (Å²) < 4.78 is 45.6. The average Bonchev–Trinajstić information content (AvgIpc) is 2.37. The van der Waals surface area contributed by atoms with Crippen molar-refractivity contribution in [1.29, 1.82) is 0 Å². The zero-order chi connectivity index (χ0) is 17.7. The zero-order valence-corrected chi connectivity index (χ0v) is 13.7. The number of ketones is 1. The Morgan fingerprint density at radius 3 is 2.52 bits per heavy atom. The van der Waals surface area contributed by atoms with Gasteiger partial charge in [0.05, 0.1) is 0 Å². The molecule has 1 saturated heterocycles. The summed E-state index contributed by atoms with van der Waals surface area (Å²) in [5, 5.41) is 0. The maximum absolute atomic E-state index is 12.0. The molecule has 1 unspecified atom stereocenters. The van der Waals surface area contributed by atoms with Crippen LogP contribution in [0.25, 0.3) is 0 Å². The molecule has 0 aromatic carbocycles. The van der Waals surface area contributed by atoms with Gasteiger partial charge in [-0.25, -0.2) is 4.79 Å². The standard InChI is InChI=1S/C15H24F3NO4/c1-14(2,3)23-13(21)19-7-6-12(20)11(9-19)5-4-8-22-10-15(16,17)18/h11H,4-10H2,1-3H3. The molecule has 23 heavy (non-hydrogen) atoms. The lowest BCUT2D eigenvalue weighted by Gasteiger charge is -2.33. The molecule has 0 aromatic rings. The topological polar surface area (TPSA) is 55.8 Å². The van der Waals surface area contributed by atoms with Gasteiger partial charge in [-0.1, -0.05) is 0 Å². The normalized spacial score (nSPS) is 19.8. The summed E-state index contributed by atoms with van der Waals surface area (Å²) in [6.45, 7) is 4.49. The summed E-state index contributed by atoms with van der Waals surface area (Å²) in [5.74, 6) is -0.341. The number of piperidine rings is 1. The van der Waals surface area contributed by atoms with Gasteiger partial charge in [-0.15, -0.1) is 0 Å². The molecule has 0 radical (unpaired) electrons. The van der Waals surface area contributed by atoms with Crippen molar-refractivity contribution in [2.45, 2.75) is 51.8 Å². The second-order valence-corrected chi connectivity index (χ2v) is 6.65. The third-order valence-corrected chi connectivity index (χ3v) is 3.28. The molecular weight excluding hydrogens is 315 g/mol. The first kappa shape index (κ1) is 19.7. The lowest BCUT2D eigenvalue weighted by molar-refractivity contribution is -0.174. The van der Waals surface area contributed by atoms with Crippen molar-refractivity contribution in [2.24, 2.45) is 5.92 Å². The van der Waals surface area contributed by atoms with Crippen LogP contribution in [0.2, 0.25) is 0 Å². The van der Waals surface area contributed by atoms with E-state index in [9.17, 15) is 22.8 Å². The molecule has 5 nitrogen and oxygen atoms in total. The largest absolute Gasteiger partial charge is 0.444 e. The van der Waals surface area contributed by atoms with Crippen LogP contribution in [0.3, 0.4) is 0 Å². The van der Waals surface area contributed by atoms with Crippen LogP contribution < -0.4 is 0 Å². The van der Waals surface area contributed by atoms with Crippen molar-refractivity contribution in [3.8, 4) is 0 Å². The maximum atomic E-state index is 12.0. The third-order valence-electron chi connectivity index (χ3n) is 3.28. The van der Waals surface area contributed by atoms with Gasteiger partial charge in [0.25, 0.3) is 0 Å². The minimum atomic E-state index is -4.34. The lowest BCUT2D eigenvalue weighted by Crippen LogP contribution is -2.46. The molecule has 1 aliphatic rings. The van der Waals surface area contributed by atoms with Crippen molar-refractivity contribution < 1.29 is 32.2 Å². The number of hydrogen-bond donors (Lipinski definition) is 0. The fraction of sp³-hybridized carbons (Fsp3) is 0.867. The first-order chi connectivity index (χ1) is 10.5. The molecule has 0 aromatic heterocycles. The lowest BCUT2D eigenvalue weighted by atomic mass is 9.92. The summed E-state index contributed by atoms with van der Waals surface area (Å²) in [4.78, 5) is 25.3. The Bertz CT molecular complexity index is 418. The zero-order valence-electron chi connectivity index (χ0n) is 13.7. The minimum Gasteiger partial charge on any atom is -0.444 e. The number of halogens is 3. The van der Waals surface area contributed by atoms with Crippen LogP contribution in [0.5, 0.6) is 0 Å². The van der Waals surface area contributed by atoms with Gasteiger partial charge in [0.15, 0.2) is 0 Å². The first-order valence-electron chi connectivity index (χ1n) is 7.63. The SMILES string of the molecule is CC(C)(C)OC(=O)N1CCC(=O)C(CCCOCC(F)(F)F)C1. The maximum Gasteiger partial charge on any atom is 0.411 e. The van der Waals surface area contributed by atoms with E-state index in [2.05, 4.69) is 4.74 Å². The van der Waals surface area contributed by atoms with Gasteiger partial charge in [0, 0.05) is 32.0 Å². The molecule has 1 heterocycles. The second-order valence-electron chi connectivity index (χ2n) is 6.65. The van der Waals surface area contributed by atoms with Crippen LogP contribution in [0, 0.1) is 5.92 Å². The number of hydrogen-bond acceptors (Lipinski definition) is 4. The van der Waals surface area contributed by atoms with Gasteiger partial charge in [-0.3, -0.25) is 4.79 Å². The summed E-state index contributed by atoms with van der Waals surface area (Å²) in [5.41, 5.74) is -0.612. The van der Waals surface area contributed by atoms with Gasteiger partial charge in [-0.05, 0) is 33.6 Å². The highest BCUT2D eigenvalue weighted by atomic mass is 19.4. The molecule has 0 aliphatic carbocycles. The summed E-state index contributed by atoms with van der Waals surface area (Å²) >= 11 is 0. The van der Waals surface area contributed by atoms with E-state index in [1.54, 1.807) is 20.8 Å². The van der Waals surface area contributed by atoms with E-state index >= 15 is 0 Å². The number of carbonyl (C=O) groups excluding carboxylic acids is 2. The molecule has 1 rings (SSSR count). The van der Waals surface area contributed by atoms with Crippen LogP contribution in [-0.4, -0.2) is 54.9 Å². The number of rotatable bonds is 5. The second kappa shape index (κ2) is 7.99. The Kier molecular flexibility index (Phi) is 6.85. The van der Waals surface area contributed by atoms with E-state index in [-0.39, 0.29) is 31.3 Å². The highest BCUT2D eigenvalue weighted by molar-refractivity contribution is 5.84. The molecule has 1 fully saturated rings.